The zero-order valence-corrected chi connectivity index (χ0v) is 10.3. The van der Waals surface area contributed by atoms with Crippen molar-refractivity contribution in [3.05, 3.63) is 70.8 Å². The van der Waals surface area contributed by atoms with Gasteiger partial charge in [-0.2, -0.15) is 0 Å². The van der Waals surface area contributed by atoms with E-state index in [2.05, 4.69) is 0 Å². The van der Waals surface area contributed by atoms with E-state index in [9.17, 15) is 13.9 Å². The van der Waals surface area contributed by atoms with Gasteiger partial charge < -0.3 is 5.11 Å². The summed E-state index contributed by atoms with van der Waals surface area (Å²) in [6.07, 6.45) is 0.267. The molecular weight excluding hydrogens is 246 g/mol. The predicted molar refractivity (Wildman–Crippen MR) is 69.0 cm³/mol. The fraction of sp³-hybridized carbons (Fsp3) is 0.250. The van der Waals surface area contributed by atoms with Crippen LogP contribution < -0.4 is 0 Å². The molecule has 2 atom stereocenters. The highest BCUT2D eigenvalue weighted by molar-refractivity contribution is 5.41. The van der Waals surface area contributed by atoms with Crippen LogP contribution in [0.2, 0.25) is 0 Å². The van der Waals surface area contributed by atoms with Crippen LogP contribution in [0.4, 0.5) is 8.78 Å². The second-order valence-electron chi connectivity index (χ2n) is 4.99. The van der Waals surface area contributed by atoms with Gasteiger partial charge >= 0.3 is 0 Å². The SMILES string of the molecule is OC(Cc1cccc(F)c1F)C1Cc2ccccc21. The van der Waals surface area contributed by atoms with Crippen molar-refractivity contribution in [3.63, 3.8) is 0 Å². The number of fused-ring (bicyclic) bond motifs is 1. The molecular formula is C16H14F2O. The molecule has 0 bridgehead atoms. The summed E-state index contributed by atoms with van der Waals surface area (Å²) in [4.78, 5) is 0. The van der Waals surface area contributed by atoms with Crippen molar-refractivity contribution in [1.82, 2.24) is 0 Å². The second-order valence-corrected chi connectivity index (χ2v) is 4.99. The summed E-state index contributed by atoms with van der Waals surface area (Å²) >= 11 is 0. The summed E-state index contributed by atoms with van der Waals surface area (Å²) in [6.45, 7) is 0. The Morgan fingerprint density at radius 2 is 1.89 bits per heavy atom. The van der Waals surface area contributed by atoms with Crippen LogP contribution in [0.15, 0.2) is 42.5 Å². The predicted octanol–water partition coefficient (Wildman–Crippen LogP) is 3.21. The van der Waals surface area contributed by atoms with Crippen LogP contribution in [-0.4, -0.2) is 11.2 Å². The Morgan fingerprint density at radius 3 is 2.68 bits per heavy atom. The average Bonchev–Trinajstić information content (AvgIpc) is 2.36. The Morgan fingerprint density at radius 1 is 1.11 bits per heavy atom. The molecule has 98 valence electrons. The van der Waals surface area contributed by atoms with Crippen LogP contribution in [0.1, 0.15) is 22.6 Å². The van der Waals surface area contributed by atoms with E-state index in [1.165, 1.54) is 17.7 Å². The van der Waals surface area contributed by atoms with Crippen LogP contribution in [0, 0.1) is 11.6 Å². The molecule has 1 N–H and O–H groups in total. The van der Waals surface area contributed by atoms with Gasteiger partial charge in [0.2, 0.25) is 0 Å². The lowest BCUT2D eigenvalue weighted by Crippen LogP contribution is -2.30. The molecule has 3 rings (SSSR count). The van der Waals surface area contributed by atoms with Crippen molar-refractivity contribution in [2.24, 2.45) is 0 Å². The number of aliphatic hydroxyl groups is 1. The Hall–Kier alpha value is -1.74. The highest BCUT2D eigenvalue weighted by atomic mass is 19.2. The van der Waals surface area contributed by atoms with Gasteiger partial charge in [0.1, 0.15) is 0 Å². The molecule has 2 unspecified atom stereocenters. The van der Waals surface area contributed by atoms with Gasteiger partial charge in [-0.05, 0) is 29.2 Å². The Kier molecular flexibility index (Phi) is 3.07. The third-order valence-electron chi connectivity index (χ3n) is 3.82. The topological polar surface area (TPSA) is 20.2 Å². The number of hydrogen-bond acceptors (Lipinski definition) is 1. The van der Waals surface area contributed by atoms with E-state index in [4.69, 9.17) is 0 Å². The van der Waals surface area contributed by atoms with Gasteiger partial charge in [0.05, 0.1) is 6.10 Å². The molecule has 3 heteroatoms. The van der Waals surface area contributed by atoms with E-state index in [0.29, 0.717) is 0 Å². The lowest BCUT2D eigenvalue weighted by molar-refractivity contribution is 0.132. The Bertz CT molecular complexity index is 609. The molecule has 0 saturated carbocycles. The van der Waals surface area contributed by atoms with Gasteiger partial charge in [-0.25, -0.2) is 8.78 Å². The molecule has 2 aromatic rings. The van der Waals surface area contributed by atoms with E-state index in [1.807, 2.05) is 24.3 Å². The number of aliphatic hydroxyl groups excluding tert-OH is 1. The summed E-state index contributed by atoms with van der Waals surface area (Å²) < 4.78 is 26.7. The first-order valence-electron chi connectivity index (χ1n) is 6.35. The van der Waals surface area contributed by atoms with Crippen LogP contribution in [0.25, 0.3) is 0 Å². The molecule has 1 aliphatic rings. The molecule has 0 saturated heterocycles. The molecule has 0 heterocycles. The van der Waals surface area contributed by atoms with Crippen LogP contribution >= 0.6 is 0 Å². The monoisotopic (exact) mass is 260 g/mol. The first-order valence-corrected chi connectivity index (χ1v) is 6.35. The molecule has 1 nitrogen and oxygen atoms in total. The molecule has 0 amide bonds. The minimum atomic E-state index is -0.862. The maximum atomic E-state index is 13.6. The van der Waals surface area contributed by atoms with Gasteiger partial charge in [-0.3, -0.25) is 0 Å². The minimum Gasteiger partial charge on any atom is -0.392 e. The maximum absolute atomic E-state index is 13.6. The zero-order valence-electron chi connectivity index (χ0n) is 10.3. The number of hydrogen-bond donors (Lipinski definition) is 1. The van der Waals surface area contributed by atoms with Gasteiger partial charge in [0, 0.05) is 12.3 Å². The lowest BCUT2D eigenvalue weighted by atomic mass is 9.73. The van der Waals surface area contributed by atoms with Gasteiger partial charge in [0.15, 0.2) is 11.6 Å². The molecule has 0 aromatic heterocycles. The van der Waals surface area contributed by atoms with E-state index in [0.717, 1.165) is 18.1 Å². The standard InChI is InChI=1S/C16H14F2O/c17-14-7-3-5-11(16(14)18)9-15(19)13-8-10-4-1-2-6-12(10)13/h1-7,13,15,19H,8-9H2. The van der Waals surface area contributed by atoms with Crippen molar-refractivity contribution in [3.8, 4) is 0 Å². The number of benzene rings is 2. The van der Waals surface area contributed by atoms with Crippen molar-refractivity contribution in [1.29, 1.82) is 0 Å². The lowest BCUT2D eigenvalue weighted by Gasteiger charge is -2.34. The molecule has 0 radical (unpaired) electrons. The molecule has 19 heavy (non-hydrogen) atoms. The molecule has 0 aliphatic heterocycles. The zero-order chi connectivity index (χ0) is 13.4. The largest absolute Gasteiger partial charge is 0.392 e. The van der Waals surface area contributed by atoms with E-state index >= 15 is 0 Å². The number of rotatable bonds is 3. The van der Waals surface area contributed by atoms with Crippen LogP contribution in [0.3, 0.4) is 0 Å². The summed E-state index contributed by atoms with van der Waals surface area (Å²) in [5.41, 5.74) is 2.58. The Labute approximate surface area is 110 Å². The third kappa shape index (κ3) is 2.15. The van der Waals surface area contributed by atoms with Gasteiger partial charge in [-0.1, -0.05) is 36.4 Å². The van der Waals surface area contributed by atoms with Crippen molar-refractivity contribution < 1.29 is 13.9 Å². The normalized spacial score (nSPS) is 18.6. The van der Waals surface area contributed by atoms with Crippen molar-refractivity contribution >= 4 is 0 Å². The quantitative estimate of drug-likeness (QED) is 0.898. The van der Waals surface area contributed by atoms with Crippen LogP contribution in [-0.2, 0) is 12.8 Å². The first-order chi connectivity index (χ1) is 9.16. The van der Waals surface area contributed by atoms with Gasteiger partial charge in [0.25, 0.3) is 0 Å². The second kappa shape index (κ2) is 4.74. The van der Waals surface area contributed by atoms with E-state index < -0.39 is 17.7 Å². The summed E-state index contributed by atoms with van der Waals surface area (Å²) in [7, 11) is 0. The third-order valence-corrected chi connectivity index (χ3v) is 3.82. The molecule has 1 aliphatic carbocycles. The Balaban J connectivity index is 1.77. The highest BCUT2D eigenvalue weighted by Gasteiger charge is 2.32. The summed E-state index contributed by atoms with van der Waals surface area (Å²) in [5, 5.41) is 10.2. The fourth-order valence-electron chi connectivity index (χ4n) is 2.71. The minimum absolute atomic E-state index is 0.0267. The van der Waals surface area contributed by atoms with Crippen molar-refractivity contribution in [2.45, 2.75) is 24.9 Å². The van der Waals surface area contributed by atoms with Crippen LogP contribution in [0.5, 0.6) is 0 Å². The van der Waals surface area contributed by atoms with E-state index in [-0.39, 0.29) is 17.9 Å². The molecule has 0 fully saturated rings. The first kappa shape index (κ1) is 12.3. The smallest absolute Gasteiger partial charge is 0.162 e. The molecule has 2 aromatic carbocycles. The van der Waals surface area contributed by atoms with E-state index in [1.54, 1.807) is 0 Å². The summed E-state index contributed by atoms with van der Waals surface area (Å²) in [5.74, 6) is -1.69. The van der Waals surface area contributed by atoms with Gasteiger partial charge in [-0.15, -0.1) is 0 Å². The van der Waals surface area contributed by atoms with Crippen molar-refractivity contribution in [2.75, 3.05) is 0 Å². The molecule has 0 spiro atoms. The average molecular weight is 260 g/mol. The number of halogens is 2. The fourth-order valence-corrected chi connectivity index (χ4v) is 2.71. The maximum Gasteiger partial charge on any atom is 0.162 e. The highest BCUT2D eigenvalue weighted by Crippen LogP contribution is 2.38. The summed E-state index contributed by atoms with van der Waals surface area (Å²) in [6, 6.07) is 12.0.